The highest BCUT2D eigenvalue weighted by Gasteiger charge is 2.32. The van der Waals surface area contributed by atoms with Crippen molar-refractivity contribution in [1.29, 1.82) is 0 Å². The molecule has 1 atom stereocenters. The normalized spacial score (nSPS) is 17.4. The molecule has 170 valence electrons. The third-order valence-corrected chi connectivity index (χ3v) is 5.52. The van der Waals surface area contributed by atoms with E-state index < -0.39 is 0 Å². The molecular formula is C25H24N2O6. The molecule has 2 aromatic carbocycles. The number of methoxy groups -OCH3 is 1. The number of amides is 1. The first-order valence-electron chi connectivity index (χ1n) is 10.8. The maximum Gasteiger partial charge on any atom is 0.414 e. The summed E-state index contributed by atoms with van der Waals surface area (Å²) in [7, 11) is 1.63. The van der Waals surface area contributed by atoms with E-state index in [1.165, 1.54) is 0 Å². The van der Waals surface area contributed by atoms with E-state index in [0.29, 0.717) is 44.3 Å². The van der Waals surface area contributed by atoms with Gasteiger partial charge in [0.25, 0.3) is 0 Å². The van der Waals surface area contributed by atoms with E-state index in [2.05, 4.69) is 4.98 Å². The average molecular weight is 448 g/mol. The predicted molar refractivity (Wildman–Crippen MR) is 123 cm³/mol. The molecule has 1 saturated heterocycles. The number of carbonyl (C=O) groups is 1. The summed E-state index contributed by atoms with van der Waals surface area (Å²) in [4.78, 5) is 18.3. The summed E-state index contributed by atoms with van der Waals surface area (Å²) in [5, 5.41) is 0.894. The molecule has 8 heteroatoms. The molecule has 0 N–H and O–H groups in total. The fourth-order valence-electron chi connectivity index (χ4n) is 3.86. The smallest absolute Gasteiger partial charge is 0.414 e. The van der Waals surface area contributed by atoms with Crippen molar-refractivity contribution >= 4 is 22.7 Å². The Morgan fingerprint density at radius 3 is 2.85 bits per heavy atom. The van der Waals surface area contributed by atoms with Crippen molar-refractivity contribution in [2.45, 2.75) is 12.5 Å². The number of ether oxygens (including phenoxy) is 5. The van der Waals surface area contributed by atoms with Gasteiger partial charge in [0, 0.05) is 24.1 Å². The fourth-order valence-corrected chi connectivity index (χ4v) is 3.86. The molecule has 1 unspecified atom stereocenters. The van der Waals surface area contributed by atoms with Gasteiger partial charge in [-0.15, -0.1) is 0 Å². The maximum absolute atomic E-state index is 12.4. The van der Waals surface area contributed by atoms with Crippen LogP contribution in [0.5, 0.6) is 23.0 Å². The topological polar surface area (TPSA) is 79.4 Å². The van der Waals surface area contributed by atoms with Gasteiger partial charge in [-0.25, -0.2) is 4.79 Å². The van der Waals surface area contributed by atoms with E-state index >= 15 is 0 Å². The van der Waals surface area contributed by atoms with E-state index in [1.807, 2.05) is 54.6 Å². The Morgan fingerprint density at radius 1 is 1.09 bits per heavy atom. The van der Waals surface area contributed by atoms with Crippen LogP contribution in [0.1, 0.15) is 6.42 Å². The molecule has 3 aromatic rings. The summed E-state index contributed by atoms with van der Waals surface area (Å²) < 4.78 is 27.9. The molecule has 1 fully saturated rings. The maximum atomic E-state index is 12.4. The van der Waals surface area contributed by atoms with E-state index in [0.717, 1.165) is 28.1 Å². The number of cyclic esters (lactones) is 1. The Hall–Kier alpha value is -3.94. The first-order chi connectivity index (χ1) is 16.2. The van der Waals surface area contributed by atoms with Gasteiger partial charge in [0.15, 0.2) is 11.5 Å². The van der Waals surface area contributed by atoms with Gasteiger partial charge in [-0.05, 0) is 36.4 Å². The molecule has 2 aliphatic heterocycles. The largest absolute Gasteiger partial charge is 0.497 e. The van der Waals surface area contributed by atoms with Crippen LogP contribution >= 0.6 is 0 Å². The lowest BCUT2D eigenvalue weighted by Crippen LogP contribution is -2.25. The Bertz CT molecular complexity index is 1190. The summed E-state index contributed by atoms with van der Waals surface area (Å²) >= 11 is 0. The number of carbonyl (C=O) groups excluding carboxylic acids is 1. The van der Waals surface area contributed by atoms with Gasteiger partial charge in [-0.1, -0.05) is 12.2 Å². The zero-order valence-electron chi connectivity index (χ0n) is 18.2. The van der Waals surface area contributed by atoms with Crippen LogP contribution in [0.3, 0.4) is 0 Å². The van der Waals surface area contributed by atoms with Crippen molar-refractivity contribution in [1.82, 2.24) is 4.98 Å². The first kappa shape index (κ1) is 20.9. The van der Waals surface area contributed by atoms with Gasteiger partial charge >= 0.3 is 6.09 Å². The number of benzene rings is 2. The predicted octanol–water partition coefficient (Wildman–Crippen LogP) is 4.37. The molecule has 0 aliphatic carbocycles. The minimum absolute atomic E-state index is 0.229. The molecule has 0 spiro atoms. The standard InChI is InChI=1S/C25H24N2O6/c1-29-18-6-7-21-20(15-18)22(9-10-26-21)30-11-3-2-4-19-16-27(25(28)33-19)17-5-8-23-24(14-17)32-13-12-31-23/h2-3,5-10,14-15,19H,4,11-13,16H2,1H3. The van der Waals surface area contributed by atoms with Crippen LogP contribution < -0.4 is 23.8 Å². The SMILES string of the molecule is COc1ccc2nccc(OCC=CCC3CN(c4ccc5c(c4)OCCO5)C(=O)O3)c2c1. The second-order valence-corrected chi connectivity index (χ2v) is 7.65. The lowest BCUT2D eigenvalue weighted by molar-refractivity contribution is 0.142. The zero-order valence-corrected chi connectivity index (χ0v) is 18.2. The lowest BCUT2D eigenvalue weighted by Gasteiger charge is -2.20. The van der Waals surface area contributed by atoms with E-state index in [9.17, 15) is 4.79 Å². The highest BCUT2D eigenvalue weighted by Crippen LogP contribution is 2.35. The molecule has 0 saturated carbocycles. The van der Waals surface area contributed by atoms with Gasteiger partial charge in [0.2, 0.25) is 0 Å². The van der Waals surface area contributed by atoms with Gasteiger partial charge in [-0.3, -0.25) is 9.88 Å². The van der Waals surface area contributed by atoms with Crippen molar-refractivity contribution in [3.63, 3.8) is 0 Å². The molecule has 0 radical (unpaired) electrons. The van der Waals surface area contributed by atoms with Crippen LogP contribution in [-0.2, 0) is 4.74 Å². The van der Waals surface area contributed by atoms with Gasteiger partial charge in [0.05, 0.1) is 24.9 Å². The van der Waals surface area contributed by atoms with Crippen LogP contribution in [0.25, 0.3) is 10.9 Å². The van der Waals surface area contributed by atoms with Crippen LogP contribution in [0.2, 0.25) is 0 Å². The lowest BCUT2D eigenvalue weighted by atomic mass is 10.2. The Kier molecular flexibility index (Phi) is 5.89. The molecule has 0 bridgehead atoms. The molecule has 33 heavy (non-hydrogen) atoms. The summed E-state index contributed by atoms with van der Waals surface area (Å²) in [6.07, 6.45) is 5.62. The summed E-state index contributed by atoms with van der Waals surface area (Å²) in [6.45, 7) is 1.89. The molecule has 1 aromatic heterocycles. The number of rotatable bonds is 7. The summed E-state index contributed by atoms with van der Waals surface area (Å²) in [5.74, 6) is 2.83. The first-order valence-corrected chi connectivity index (χ1v) is 10.8. The molecule has 8 nitrogen and oxygen atoms in total. The van der Waals surface area contributed by atoms with Gasteiger partial charge < -0.3 is 23.7 Å². The number of hydrogen-bond acceptors (Lipinski definition) is 7. The van der Waals surface area contributed by atoms with Crippen molar-refractivity contribution < 1.29 is 28.5 Å². The number of hydrogen-bond donors (Lipinski definition) is 0. The molecular weight excluding hydrogens is 424 g/mol. The fraction of sp³-hybridized carbons (Fsp3) is 0.280. The highest BCUT2D eigenvalue weighted by molar-refractivity contribution is 5.90. The summed E-state index contributed by atoms with van der Waals surface area (Å²) in [5.41, 5.74) is 1.58. The minimum atomic E-state index is -0.362. The van der Waals surface area contributed by atoms with E-state index in [4.69, 9.17) is 23.7 Å². The number of fused-ring (bicyclic) bond motifs is 2. The van der Waals surface area contributed by atoms with Crippen molar-refractivity contribution in [3.8, 4) is 23.0 Å². The molecule has 2 aliphatic rings. The zero-order chi connectivity index (χ0) is 22.6. The minimum Gasteiger partial charge on any atom is -0.497 e. The van der Waals surface area contributed by atoms with Gasteiger partial charge in [-0.2, -0.15) is 0 Å². The Morgan fingerprint density at radius 2 is 1.97 bits per heavy atom. The third-order valence-electron chi connectivity index (χ3n) is 5.52. The van der Waals surface area contributed by atoms with Crippen LogP contribution in [0.15, 0.2) is 60.8 Å². The van der Waals surface area contributed by atoms with E-state index in [1.54, 1.807) is 18.2 Å². The van der Waals surface area contributed by atoms with Gasteiger partial charge in [0.1, 0.15) is 37.4 Å². The van der Waals surface area contributed by atoms with Crippen LogP contribution in [-0.4, -0.2) is 50.7 Å². The van der Waals surface area contributed by atoms with E-state index in [-0.39, 0.29) is 12.2 Å². The quantitative estimate of drug-likeness (QED) is 0.497. The highest BCUT2D eigenvalue weighted by atomic mass is 16.6. The molecule has 3 heterocycles. The second-order valence-electron chi connectivity index (χ2n) is 7.65. The van der Waals surface area contributed by atoms with Crippen LogP contribution in [0.4, 0.5) is 10.5 Å². The number of pyridine rings is 1. The Labute approximate surface area is 191 Å². The Balaban J connectivity index is 1.16. The average Bonchev–Trinajstić information content (AvgIpc) is 3.23. The molecule has 5 rings (SSSR count). The third kappa shape index (κ3) is 4.50. The number of anilines is 1. The van der Waals surface area contributed by atoms with Crippen molar-refractivity contribution in [2.75, 3.05) is 38.4 Å². The second kappa shape index (κ2) is 9.28. The monoisotopic (exact) mass is 448 g/mol. The van der Waals surface area contributed by atoms with Crippen molar-refractivity contribution in [3.05, 3.63) is 60.8 Å². The number of aromatic nitrogens is 1. The molecule has 1 amide bonds. The number of nitrogens with zero attached hydrogens (tertiary/aromatic N) is 2. The van der Waals surface area contributed by atoms with Crippen LogP contribution in [0, 0.1) is 0 Å². The van der Waals surface area contributed by atoms with Crippen molar-refractivity contribution in [2.24, 2.45) is 0 Å². The summed E-state index contributed by atoms with van der Waals surface area (Å²) in [6, 6.07) is 13.0.